The number of hydrogen-bond acceptors (Lipinski definition) is 11. The van der Waals surface area contributed by atoms with Gasteiger partial charge in [-0.1, -0.05) is 54.6 Å². The van der Waals surface area contributed by atoms with Crippen LogP contribution in [-0.4, -0.2) is 92.6 Å². The summed E-state index contributed by atoms with van der Waals surface area (Å²) in [7, 11) is -0.505. The van der Waals surface area contributed by atoms with Gasteiger partial charge in [0.05, 0.1) is 15.5 Å². The highest BCUT2D eigenvalue weighted by molar-refractivity contribution is 7.99. The van der Waals surface area contributed by atoms with Gasteiger partial charge in [0, 0.05) is 78.5 Å². The fourth-order valence-corrected chi connectivity index (χ4v) is 8.37. The molecule has 1 aliphatic rings. The van der Waals surface area contributed by atoms with Crippen LogP contribution in [0.2, 0.25) is 0 Å². The van der Waals surface area contributed by atoms with E-state index in [1.807, 2.05) is 79.8 Å². The van der Waals surface area contributed by atoms with Crippen LogP contribution >= 0.6 is 11.8 Å². The number of aromatic nitrogens is 1. The van der Waals surface area contributed by atoms with Crippen LogP contribution < -0.4 is 14.9 Å². The van der Waals surface area contributed by atoms with Crippen LogP contribution in [0.3, 0.4) is 0 Å². The summed E-state index contributed by atoms with van der Waals surface area (Å²) in [6.07, 6.45) is 2.53. The van der Waals surface area contributed by atoms with Crippen LogP contribution in [-0.2, 0) is 16.6 Å². The first-order valence-corrected chi connectivity index (χ1v) is 20.5. The third-order valence-electron chi connectivity index (χ3n) is 9.38. The lowest BCUT2D eigenvalue weighted by Crippen LogP contribution is -2.46. The van der Waals surface area contributed by atoms with Crippen LogP contribution in [0.25, 0.3) is 11.3 Å². The van der Waals surface area contributed by atoms with E-state index < -0.39 is 26.5 Å². The predicted molar refractivity (Wildman–Crippen MR) is 219 cm³/mol. The monoisotopic (exact) mass is 779 g/mol. The maximum absolute atomic E-state index is 13.3. The molecular weight excluding hydrogens is 735 g/mol. The number of nitrogens with one attached hydrogen (secondary N) is 2. The van der Waals surface area contributed by atoms with Crippen molar-refractivity contribution in [3.63, 3.8) is 0 Å². The minimum absolute atomic E-state index is 0.139. The second kappa shape index (κ2) is 18.4. The summed E-state index contributed by atoms with van der Waals surface area (Å²) in [6.45, 7) is 4.79. The van der Waals surface area contributed by atoms with Crippen LogP contribution in [0.1, 0.15) is 22.3 Å². The zero-order valence-electron chi connectivity index (χ0n) is 30.9. The van der Waals surface area contributed by atoms with Crippen molar-refractivity contribution in [1.82, 2.24) is 19.5 Å². The second-order valence-electron chi connectivity index (χ2n) is 13.6. The molecule has 1 amide bonds. The van der Waals surface area contributed by atoms with E-state index in [0.29, 0.717) is 12.2 Å². The molecule has 14 heteroatoms. The molecule has 1 fully saturated rings. The highest BCUT2D eigenvalue weighted by Gasteiger charge is 2.26. The van der Waals surface area contributed by atoms with Crippen molar-refractivity contribution >= 4 is 44.8 Å². The number of piperazine rings is 1. The minimum Gasteiger partial charge on any atom is -0.376 e. The normalized spacial score (nSPS) is 14.1. The summed E-state index contributed by atoms with van der Waals surface area (Å²) in [4.78, 5) is 36.7. The van der Waals surface area contributed by atoms with Gasteiger partial charge in [0.1, 0.15) is 5.69 Å². The van der Waals surface area contributed by atoms with E-state index in [0.717, 1.165) is 67.2 Å². The van der Waals surface area contributed by atoms with Gasteiger partial charge in [0.2, 0.25) is 0 Å². The van der Waals surface area contributed by atoms with Gasteiger partial charge >= 0.3 is 0 Å². The molecule has 12 nitrogen and oxygen atoms in total. The second-order valence-corrected chi connectivity index (χ2v) is 16.4. The quantitative estimate of drug-likeness (QED) is 0.0634. The van der Waals surface area contributed by atoms with Gasteiger partial charge in [-0.2, -0.15) is 0 Å². The van der Waals surface area contributed by atoms with E-state index in [1.165, 1.54) is 17.7 Å². The molecule has 0 spiro atoms. The van der Waals surface area contributed by atoms with E-state index in [1.54, 1.807) is 36.0 Å². The van der Waals surface area contributed by atoms with Crippen molar-refractivity contribution in [3.8, 4) is 11.3 Å². The average Bonchev–Trinajstić information content (AvgIpc) is 3.20. The molecule has 1 saturated heterocycles. The Balaban J connectivity index is 1.06. The number of hydrogen-bond donors (Lipinski definition) is 2. The number of sulfonamides is 1. The van der Waals surface area contributed by atoms with Crippen molar-refractivity contribution in [1.29, 1.82) is 0 Å². The van der Waals surface area contributed by atoms with Gasteiger partial charge in [-0.15, -0.1) is 11.8 Å². The highest BCUT2D eigenvalue weighted by Crippen LogP contribution is 2.30. The summed E-state index contributed by atoms with van der Waals surface area (Å²) in [5, 5.41) is 15.4. The molecule has 0 bridgehead atoms. The number of nitrogens with zero attached hydrogens (tertiary/aromatic N) is 5. The maximum atomic E-state index is 13.3. The summed E-state index contributed by atoms with van der Waals surface area (Å²) >= 11 is 1.63. The van der Waals surface area contributed by atoms with E-state index in [-0.39, 0.29) is 22.2 Å². The largest absolute Gasteiger partial charge is 0.376 e. The number of carbonyl (C=O) groups excluding carboxylic acids is 1. The van der Waals surface area contributed by atoms with Crippen molar-refractivity contribution in [2.24, 2.45) is 0 Å². The topological polar surface area (TPSA) is 141 Å². The molecule has 0 aliphatic carbocycles. The fourth-order valence-electron chi connectivity index (χ4n) is 6.39. The number of anilines is 2. The minimum atomic E-state index is -4.42. The molecule has 2 heterocycles. The Kier molecular flexibility index (Phi) is 13.2. The van der Waals surface area contributed by atoms with Gasteiger partial charge in [0.25, 0.3) is 21.6 Å². The number of carbonyl (C=O) groups is 1. The molecule has 5 aromatic rings. The number of benzene rings is 4. The van der Waals surface area contributed by atoms with E-state index >= 15 is 0 Å². The smallest absolute Gasteiger partial charge is 0.293 e. The number of amides is 1. The fraction of sp³-hybridized carbons (Fsp3) is 0.268. The van der Waals surface area contributed by atoms with Gasteiger partial charge < -0.3 is 15.1 Å². The molecule has 1 aromatic heterocycles. The Bertz CT molecular complexity index is 2170. The molecule has 286 valence electrons. The van der Waals surface area contributed by atoms with Gasteiger partial charge in [-0.25, -0.2) is 13.1 Å². The molecule has 0 saturated carbocycles. The van der Waals surface area contributed by atoms with Gasteiger partial charge in [-0.3, -0.25) is 24.8 Å². The van der Waals surface area contributed by atoms with Crippen LogP contribution in [0.15, 0.2) is 131 Å². The maximum Gasteiger partial charge on any atom is 0.293 e. The lowest BCUT2D eigenvalue weighted by atomic mass is 10.1. The number of pyridine rings is 1. The molecule has 0 unspecified atom stereocenters. The Morgan fingerprint density at radius 2 is 1.60 bits per heavy atom. The SMILES string of the molecule is CN(C)CC[C@H](CSc1ccccc1)Nc1ccc(S(=O)(=O)NC(=O)c2ccc(N3CCN(Cc4cccnc4-c4ccccc4)CC3)cc2)cc1[N+](=O)[O-]. The number of nitro benzene ring substituents is 1. The molecule has 6 rings (SSSR count). The average molecular weight is 780 g/mol. The van der Waals surface area contributed by atoms with Crippen LogP contribution in [0.5, 0.6) is 0 Å². The molecule has 1 atom stereocenters. The summed E-state index contributed by atoms with van der Waals surface area (Å²) in [5.74, 6) is -0.184. The summed E-state index contributed by atoms with van der Waals surface area (Å²) in [5.41, 5.74) is 4.15. The Morgan fingerprint density at radius 1 is 0.909 bits per heavy atom. The number of nitro groups is 1. The first-order chi connectivity index (χ1) is 26.6. The lowest BCUT2D eigenvalue weighted by Gasteiger charge is -2.36. The summed E-state index contributed by atoms with van der Waals surface area (Å²) < 4.78 is 28.8. The lowest BCUT2D eigenvalue weighted by molar-refractivity contribution is -0.384. The van der Waals surface area contributed by atoms with Crippen molar-refractivity contribution < 1.29 is 18.1 Å². The van der Waals surface area contributed by atoms with E-state index in [4.69, 9.17) is 0 Å². The van der Waals surface area contributed by atoms with E-state index in [2.05, 4.69) is 43.0 Å². The molecule has 2 N–H and O–H groups in total. The Morgan fingerprint density at radius 3 is 2.27 bits per heavy atom. The standard InChI is InChI=1S/C41H45N7O5S2/c1-45(2)23-21-34(30-54-36-13-7-4-8-14-36)43-38-20-19-37(28-39(38)48(50)51)55(52,53)44-41(49)32-15-17-35(18-16-32)47-26-24-46(25-27-47)29-33-12-9-22-42-40(33)31-10-5-3-6-11-31/h3-20,22,28,34,43H,21,23-27,29-30H2,1-2H3,(H,44,49)/t34-/m1/s1. The first kappa shape index (κ1) is 39.4. The van der Waals surface area contributed by atoms with Crippen molar-refractivity contribution in [2.45, 2.75) is 28.8 Å². The highest BCUT2D eigenvalue weighted by atomic mass is 32.2. The summed E-state index contributed by atoms with van der Waals surface area (Å²) in [6, 6.07) is 34.4. The zero-order chi connectivity index (χ0) is 38.8. The van der Waals surface area contributed by atoms with Crippen LogP contribution in [0, 0.1) is 10.1 Å². The molecule has 1 aliphatic heterocycles. The number of thioether (sulfide) groups is 1. The third kappa shape index (κ3) is 10.7. The van der Waals surface area contributed by atoms with Crippen LogP contribution in [0.4, 0.5) is 17.1 Å². The molecule has 4 aromatic carbocycles. The molecular formula is C41H45N7O5S2. The number of rotatable bonds is 16. The van der Waals surface area contributed by atoms with Crippen molar-refractivity contribution in [2.75, 3.05) is 62.8 Å². The van der Waals surface area contributed by atoms with E-state index in [9.17, 15) is 23.3 Å². The molecule has 55 heavy (non-hydrogen) atoms. The Hall–Kier alpha value is -5.28. The molecule has 0 radical (unpaired) electrons. The first-order valence-electron chi connectivity index (χ1n) is 18.1. The van der Waals surface area contributed by atoms with Gasteiger partial charge in [0.15, 0.2) is 0 Å². The third-order valence-corrected chi connectivity index (χ3v) is 11.9. The zero-order valence-corrected chi connectivity index (χ0v) is 32.5. The van der Waals surface area contributed by atoms with Gasteiger partial charge in [-0.05, 0) is 87.2 Å². The van der Waals surface area contributed by atoms with Crippen molar-refractivity contribution in [3.05, 3.63) is 143 Å². The Labute approximate surface area is 326 Å². The predicted octanol–water partition coefficient (Wildman–Crippen LogP) is 6.62.